The van der Waals surface area contributed by atoms with Crippen molar-refractivity contribution in [2.75, 3.05) is 0 Å². The van der Waals surface area contributed by atoms with Crippen LogP contribution in [0.15, 0.2) is 57.1 Å². The van der Waals surface area contributed by atoms with Crippen molar-refractivity contribution >= 4 is 22.7 Å². The number of H-pyrrole nitrogens is 2. The fraction of sp³-hybridized carbons (Fsp3) is 0. The predicted octanol–water partition coefficient (Wildman–Crippen LogP) is 3.24. The third-order valence-electron chi connectivity index (χ3n) is 2.43. The van der Waals surface area contributed by atoms with Gasteiger partial charge in [-0.3, -0.25) is 20.0 Å². The van der Waals surface area contributed by atoms with E-state index in [1.807, 2.05) is 17.5 Å². The molecule has 6 nitrogen and oxygen atoms in total. The summed E-state index contributed by atoms with van der Waals surface area (Å²) in [6, 6.07) is 7.35. The van der Waals surface area contributed by atoms with Gasteiger partial charge in [0.1, 0.15) is 11.4 Å². The number of rotatable bonds is 3. The number of hydrogen-bond donors (Lipinski definition) is 2. The first-order valence-corrected chi connectivity index (χ1v) is 6.39. The van der Waals surface area contributed by atoms with E-state index in [4.69, 9.17) is 0 Å². The summed E-state index contributed by atoms with van der Waals surface area (Å²) in [7, 11) is 0. The zero-order valence-corrected chi connectivity index (χ0v) is 10.5. The molecule has 0 aliphatic heterocycles. The first kappa shape index (κ1) is 11.5. The lowest BCUT2D eigenvalue weighted by molar-refractivity contribution is 1.06. The third-order valence-corrected chi connectivity index (χ3v) is 3.32. The van der Waals surface area contributed by atoms with Crippen molar-refractivity contribution in [1.29, 1.82) is 0 Å². The zero-order chi connectivity index (χ0) is 13.1. The Morgan fingerprint density at radius 1 is 1.16 bits per heavy atom. The Balaban J connectivity index is 2.00. The number of aromatic nitrogens is 3. The first-order valence-electron chi connectivity index (χ1n) is 5.51. The molecule has 0 atom stereocenters. The molecule has 0 amide bonds. The lowest BCUT2D eigenvalue weighted by Crippen LogP contribution is -1.96. The van der Waals surface area contributed by atoms with Crippen molar-refractivity contribution in [3.05, 3.63) is 52.4 Å². The number of nitrogens with one attached hydrogen (secondary N) is 2. The fourth-order valence-corrected chi connectivity index (χ4v) is 2.29. The quantitative estimate of drug-likeness (QED) is 0.716. The summed E-state index contributed by atoms with van der Waals surface area (Å²) in [5, 5.41) is 15.3. The van der Waals surface area contributed by atoms with Gasteiger partial charge in [0.05, 0.1) is 11.1 Å². The van der Waals surface area contributed by atoms with Crippen molar-refractivity contribution in [3.63, 3.8) is 0 Å². The summed E-state index contributed by atoms with van der Waals surface area (Å²) >= 11 is 1.52. The second-order valence-electron chi connectivity index (χ2n) is 3.69. The van der Waals surface area contributed by atoms with E-state index in [0.29, 0.717) is 11.4 Å². The highest BCUT2D eigenvalue weighted by molar-refractivity contribution is 7.13. The van der Waals surface area contributed by atoms with E-state index in [9.17, 15) is 4.79 Å². The SMILES string of the molecule is O=c1[nH][nH]c(-c2cccs2)c1N=Nc1cccnc1. The van der Waals surface area contributed by atoms with Crippen LogP contribution in [0, 0.1) is 0 Å². The van der Waals surface area contributed by atoms with E-state index in [0.717, 1.165) is 4.88 Å². The average Bonchev–Trinajstić information content (AvgIpc) is 3.07. The molecule has 3 aromatic rings. The Morgan fingerprint density at radius 3 is 2.84 bits per heavy atom. The minimum Gasteiger partial charge on any atom is -0.294 e. The highest BCUT2D eigenvalue weighted by atomic mass is 32.1. The molecular formula is C12H9N5OS. The van der Waals surface area contributed by atoms with Gasteiger partial charge in [-0.1, -0.05) is 6.07 Å². The fourth-order valence-electron chi connectivity index (χ4n) is 1.57. The maximum atomic E-state index is 11.7. The normalized spacial score (nSPS) is 11.2. The largest absolute Gasteiger partial charge is 0.294 e. The molecule has 2 N–H and O–H groups in total. The van der Waals surface area contributed by atoms with Crippen LogP contribution in [0.4, 0.5) is 11.4 Å². The molecule has 0 aliphatic carbocycles. The topological polar surface area (TPSA) is 86.3 Å². The van der Waals surface area contributed by atoms with Gasteiger partial charge in [0.25, 0.3) is 5.56 Å². The molecule has 3 rings (SSSR count). The molecule has 0 radical (unpaired) electrons. The summed E-state index contributed by atoms with van der Waals surface area (Å²) in [6.07, 6.45) is 3.23. The number of aromatic amines is 2. The minimum atomic E-state index is -0.295. The number of azo groups is 1. The van der Waals surface area contributed by atoms with Gasteiger partial charge < -0.3 is 0 Å². The lowest BCUT2D eigenvalue weighted by Gasteiger charge is -1.93. The van der Waals surface area contributed by atoms with Crippen LogP contribution in [-0.4, -0.2) is 15.2 Å². The number of nitrogens with zero attached hydrogens (tertiary/aromatic N) is 3. The van der Waals surface area contributed by atoms with Crippen LogP contribution < -0.4 is 5.56 Å². The monoisotopic (exact) mass is 271 g/mol. The van der Waals surface area contributed by atoms with Crippen molar-refractivity contribution in [2.24, 2.45) is 10.2 Å². The van der Waals surface area contributed by atoms with Crippen LogP contribution in [0.1, 0.15) is 0 Å². The van der Waals surface area contributed by atoms with Gasteiger partial charge >= 0.3 is 0 Å². The van der Waals surface area contributed by atoms with E-state index in [1.165, 1.54) is 11.3 Å². The van der Waals surface area contributed by atoms with E-state index in [1.54, 1.807) is 24.5 Å². The molecule has 0 saturated carbocycles. The molecule has 19 heavy (non-hydrogen) atoms. The van der Waals surface area contributed by atoms with E-state index in [2.05, 4.69) is 25.4 Å². The summed E-state index contributed by atoms with van der Waals surface area (Å²) in [4.78, 5) is 16.6. The molecule has 0 aromatic carbocycles. The number of pyridine rings is 1. The van der Waals surface area contributed by atoms with Crippen molar-refractivity contribution < 1.29 is 0 Å². The summed E-state index contributed by atoms with van der Waals surface area (Å²) in [6.45, 7) is 0. The standard InChI is InChI=1S/C12H9N5OS/c18-12-11(16-14-8-3-1-5-13-7-8)10(15-17-12)9-4-2-6-19-9/h1-7H,(H2,15,17,18). The minimum absolute atomic E-state index is 0.270. The van der Waals surface area contributed by atoms with E-state index in [-0.39, 0.29) is 11.2 Å². The van der Waals surface area contributed by atoms with Gasteiger partial charge in [-0.05, 0) is 23.6 Å². The molecule has 3 aromatic heterocycles. The highest BCUT2D eigenvalue weighted by Crippen LogP contribution is 2.29. The lowest BCUT2D eigenvalue weighted by atomic mass is 10.3. The van der Waals surface area contributed by atoms with Gasteiger partial charge in [-0.2, -0.15) is 0 Å². The Labute approximate surface area is 111 Å². The molecule has 0 saturated heterocycles. The van der Waals surface area contributed by atoms with Gasteiger partial charge in [0.15, 0.2) is 5.69 Å². The predicted molar refractivity (Wildman–Crippen MR) is 73.1 cm³/mol. The Hall–Kier alpha value is -2.54. The molecule has 7 heteroatoms. The molecule has 0 bridgehead atoms. The Kier molecular flexibility index (Phi) is 3.03. The first-order chi connectivity index (χ1) is 9.34. The molecule has 3 heterocycles. The maximum absolute atomic E-state index is 11.7. The summed E-state index contributed by atoms with van der Waals surface area (Å²) in [5.41, 5.74) is 1.22. The Bertz CT molecular complexity index is 742. The Morgan fingerprint density at radius 2 is 2.11 bits per heavy atom. The van der Waals surface area contributed by atoms with Crippen molar-refractivity contribution in [2.45, 2.75) is 0 Å². The van der Waals surface area contributed by atoms with E-state index >= 15 is 0 Å². The van der Waals surface area contributed by atoms with Crippen LogP contribution in [0.2, 0.25) is 0 Å². The van der Waals surface area contributed by atoms with Crippen molar-refractivity contribution in [3.8, 4) is 10.6 Å². The van der Waals surface area contributed by atoms with Gasteiger partial charge in [0, 0.05) is 6.20 Å². The van der Waals surface area contributed by atoms with Gasteiger partial charge in [-0.25, -0.2) is 0 Å². The van der Waals surface area contributed by atoms with Crippen LogP contribution >= 0.6 is 11.3 Å². The zero-order valence-electron chi connectivity index (χ0n) is 9.70. The van der Waals surface area contributed by atoms with Crippen LogP contribution in [0.25, 0.3) is 10.6 Å². The average molecular weight is 271 g/mol. The molecule has 0 unspecified atom stereocenters. The van der Waals surface area contributed by atoms with Gasteiger partial charge in [0.2, 0.25) is 0 Å². The van der Waals surface area contributed by atoms with Crippen LogP contribution in [-0.2, 0) is 0 Å². The smallest absolute Gasteiger partial charge is 0.292 e. The molecule has 0 aliphatic rings. The second-order valence-corrected chi connectivity index (χ2v) is 4.64. The summed E-state index contributed by atoms with van der Waals surface area (Å²) in [5.74, 6) is 0. The second kappa shape index (κ2) is 4.99. The molecule has 0 spiro atoms. The molecular weight excluding hydrogens is 262 g/mol. The number of thiophene rings is 1. The van der Waals surface area contributed by atoms with E-state index < -0.39 is 0 Å². The third kappa shape index (κ3) is 2.36. The number of hydrogen-bond acceptors (Lipinski definition) is 5. The molecule has 0 fully saturated rings. The highest BCUT2D eigenvalue weighted by Gasteiger charge is 2.12. The maximum Gasteiger partial charge on any atom is 0.292 e. The molecule has 94 valence electrons. The van der Waals surface area contributed by atoms with Crippen molar-refractivity contribution in [1.82, 2.24) is 15.2 Å². The van der Waals surface area contributed by atoms with Crippen LogP contribution in [0.5, 0.6) is 0 Å². The van der Waals surface area contributed by atoms with Crippen LogP contribution in [0.3, 0.4) is 0 Å². The van der Waals surface area contributed by atoms with Gasteiger partial charge in [-0.15, -0.1) is 21.6 Å². The summed E-state index contributed by atoms with van der Waals surface area (Å²) < 4.78 is 0.